The van der Waals surface area contributed by atoms with Crippen LogP contribution in [0.2, 0.25) is 0 Å². The maximum absolute atomic E-state index is 9.65. The van der Waals surface area contributed by atoms with Crippen LogP contribution in [0, 0.1) is 0 Å². The van der Waals surface area contributed by atoms with Crippen molar-refractivity contribution in [3.8, 4) is 5.75 Å². The monoisotopic (exact) mass is 230 g/mol. The highest BCUT2D eigenvalue weighted by Crippen LogP contribution is 2.21. The van der Waals surface area contributed by atoms with Gasteiger partial charge in [-0.15, -0.1) is 11.3 Å². The number of aromatic hydroxyl groups is 1. The van der Waals surface area contributed by atoms with Crippen LogP contribution >= 0.6 is 11.3 Å². The lowest BCUT2D eigenvalue weighted by atomic mass is 10.3. The molecule has 80 valence electrons. The molecule has 0 aliphatic rings. The van der Waals surface area contributed by atoms with Crippen molar-refractivity contribution in [3.63, 3.8) is 0 Å². The van der Waals surface area contributed by atoms with Gasteiger partial charge in [0.05, 0.1) is 6.20 Å². The number of rotatable bonds is 2. The van der Waals surface area contributed by atoms with E-state index in [-0.39, 0.29) is 5.75 Å². The van der Waals surface area contributed by atoms with Gasteiger partial charge >= 0.3 is 0 Å². The van der Waals surface area contributed by atoms with Crippen molar-refractivity contribution in [3.05, 3.63) is 52.7 Å². The van der Waals surface area contributed by atoms with E-state index in [0.717, 1.165) is 17.8 Å². The maximum Gasteiger partial charge on any atom is 0.141 e. The highest BCUT2D eigenvalue weighted by atomic mass is 32.1. The van der Waals surface area contributed by atoms with Gasteiger partial charge in [0.25, 0.3) is 0 Å². The Kier molecular flexibility index (Phi) is 2.15. The Morgan fingerprint density at radius 2 is 2.25 bits per heavy atom. The molecule has 0 atom stereocenters. The molecule has 0 aromatic carbocycles. The maximum atomic E-state index is 9.65. The van der Waals surface area contributed by atoms with Crippen molar-refractivity contribution < 1.29 is 5.11 Å². The first kappa shape index (κ1) is 9.42. The highest BCUT2D eigenvalue weighted by molar-refractivity contribution is 7.09. The number of fused-ring (bicyclic) bond motifs is 1. The van der Waals surface area contributed by atoms with Gasteiger partial charge in [0, 0.05) is 17.5 Å². The van der Waals surface area contributed by atoms with E-state index in [1.54, 1.807) is 23.6 Å². The van der Waals surface area contributed by atoms with E-state index in [4.69, 9.17) is 0 Å². The number of pyridine rings is 1. The normalized spacial score (nSPS) is 11.0. The summed E-state index contributed by atoms with van der Waals surface area (Å²) in [6.45, 7) is 0. The molecule has 0 spiro atoms. The lowest BCUT2D eigenvalue weighted by Crippen LogP contribution is -1.94. The first-order valence-electron chi connectivity index (χ1n) is 5.01. The summed E-state index contributed by atoms with van der Waals surface area (Å²) in [5.74, 6) is 1.22. The van der Waals surface area contributed by atoms with Crippen LogP contribution in [0.5, 0.6) is 5.75 Å². The summed E-state index contributed by atoms with van der Waals surface area (Å²) in [7, 11) is 0. The molecule has 3 nitrogen and oxygen atoms in total. The molecule has 0 unspecified atom stereocenters. The van der Waals surface area contributed by atoms with Crippen molar-refractivity contribution in [2.45, 2.75) is 6.42 Å². The Bertz CT molecular complexity index is 613. The van der Waals surface area contributed by atoms with Crippen LogP contribution in [0.3, 0.4) is 0 Å². The van der Waals surface area contributed by atoms with E-state index in [1.165, 1.54) is 4.88 Å². The van der Waals surface area contributed by atoms with Crippen LogP contribution in [0.25, 0.3) is 5.52 Å². The molecule has 0 aliphatic heterocycles. The highest BCUT2D eigenvalue weighted by Gasteiger charge is 2.07. The topological polar surface area (TPSA) is 37.5 Å². The second kappa shape index (κ2) is 3.64. The van der Waals surface area contributed by atoms with Crippen molar-refractivity contribution in [2.24, 2.45) is 0 Å². The smallest absolute Gasteiger partial charge is 0.141 e. The van der Waals surface area contributed by atoms with Gasteiger partial charge in [0.2, 0.25) is 0 Å². The third kappa shape index (κ3) is 1.47. The molecule has 0 saturated carbocycles. The largest absolute Gasteiger partial charge is 0.506 e. The lowest BCUT2D eigenvalue weighted by Gasteiger charge is -2.00. The zero-order valence-electron chi connectivity index (χ0n) is 8.50. The van der Waals surface area contributed by atoms with Crippen LogP contribution in [-0.4, -0.2) is 14.5 Å². The summed E-state index contributed by atoms with van der Waals surface area (Å²) >= 11 is 1.72. The third-order valence-corrected chi connectivity index (χ3v) is 3.41. The van der Waals surface area contributed by atoms with Gasteiger partial charge < -0.3 is 9.51 Å². The van der Waals surface area contributed by atoms with Crippen molar-refractivity contribution >= 4 is 16.9 Å². The van der Waals surface area contributed by atoms with Gasteiger partial charge in [-0.25, -0.2) is 4.98 Å². The molecule has 0 radical (unpaired) electrons. The van der Waals surface area contributed by atoms with Crippen molar-refractivity contribution in [1.82, 2.24) is 9.38 Å². The molecule has 1 N–H and O–H groups in total. The molecule has 0 aliphatic carbocycles. The second-order valence-electron chi connectivity index (χ2n) is 3.58. The van der Waals surface area contributed by atoms with Crippen LogP contribution in [0.4, 0.5) is 0 Å². The first-order chi connectivity index (χ1) is 7.84. The SMILES string of the molecule is Oc1cccn2c(Cc3cccs3)ncc12. The predicted octanol–water partition coefficient (Wildman–Crippen LogP) is 2.69. The fraction of sp³-hybridized carbons (Fsp3) is 0.0833. The summed E-state index contributed by atoms with van der Waals surface area (Å²) in [5, 5.41) is 11.7. The van der Waals surface area contributed by atoms with E-state index in [0.29, 0.717) is 0 Å². The Morgan fingerprint density at radius 1 is 1.31 bits per heavy atom. The van der Waals surface area contributed by atoms with Crippen LogP contribution in [-0.2, 0) is 6.42 Å². The van der Waals surface area contributed by atoms with Crippen molar-refractivity contribution in [1.29, 1.82) is 0 Å². The second-order valence-corrected chi connectivity index (χ2v) is 4.61. The van der Waals surface area contributed by atoms with Crippen LogP contribution in [0.1, 0.15) is 10.7 Å². The summed E-state index contributed by atoms with van der Waals surface area (Å²) in [6.07, 6.45) is 4.43. The minimum atomic E-state index is 0.271. The average Bonchev–Trinajstić information content (AvgIpc) is 2.90. The van der Waals surface area contributed by atoms with E-state index in [1.807, 2.05) is 22.7 Å². The number of hydrogen-bond acceptors (Lipinski definition) is 3. The average molecular weight is 230 g/mol. The van der Waals surface area contributed by atoms with Crippen LogP contribution < -0.4 is 0 Å². The molecule has 16 heavy (non-hydrogen) atoms. The molecule has 3 rings (SSSR count). The Balaban J connectivity index is 2.08. The molecule has 3 aromatic heterocycles. The Morgan fingerprint density at radius 3 is 3.06 bits per heavy atom. The minimum absolute atomic E-state index is 0.271. The zero-order valence-corrected chi connectivity index (χ0v) is 9.31. The molecule has 0 saturated heterocycles. The summed E-state index contributed by atoms with van der Waals surface area (Å²) in [5.41, 5.74) is 0.758. The number of aromatic nitrogens is 2. The Hall–Kier alpha value is -1.81. The van der Waals surface area contributed by atoms with Crippen LogP contribution in [0.15, 0.2) is 42.0 Å². The van der Waals surface area contributed by atoms with E-state index >= 15 is 0 Å². The molecule has 3 heterocycles. The molecule has 0 amide bonds. The number of nitrogens with zero attached hydrogens (tertiary/aromatic N) is 2. The van der Waals surface area contributed by atoms with Gasteiger partial charge in [0.15, 0.2) is 0 Å². The predicted molar refractivity (Wildman–Crippen MR) is 64.0 cm³/mol. The summed E-state index contributed by atoms with van der Waals surface area (Å²) in [4.78, 5) is 5.61. The minimum Gasteiger partial charge on any atom is -0.506 e. The Labute approximate surface area is 96.6 Å². The molecular weight excluding hydrogens is 220 g/mol. The fourth-order valence-corrected chi connectivity index (χ4v) is 2.46. The van der Waals surface area contributed by atoms with E-state index in [2.05, 4.69) is 16.4 Å². The van der Waals surface area contributed by atoms with Gasteiger partial charge in [0.1, 0.15) is 17.1 Å². The summed E-state index contributed by atoms with van der Waals surface area (Å²) < 4.78 is 1.93. The first-order valence-corrected chi connectivity index (χ1v) is 5.89. The van der Waals surface area contributed by atoms with E-state index < -0.39 is 0 Å². The number of thiophene rings is 1. The van der Waals surface area contributed by atoms with E-state index in [9.17, 15) is 5.11 Å². The number of imidazole rings is 1. The van der Waals surface area contributed by atoms with Crippen molar-refractivity contribution in [2.75, 3.05) is 0 Å². The quantitative estimate of drug-likeness (QED) is 0.735. The van der Waals surface area contributed by atoms with Gasteiger partial charge in [-0.2, -0.15) is 0 Å². The fourth-order valence-electron chi connectivity index (χ4n) is 1.76. The lowest BCUT2D eigenvalue weighted by molar-refractivity contribution is 0.479. The molecule has 4 heteroatoms. The molecular formula is C12H10N2OS. The van der Waals surface area contributed by atoms with Gasteiger partial charge in [-0.1, -0.05) is 6.07 Å². The zero-order chi connectivity index (χ0) is 11.0. The summed E-state index contributed by atoms with van der Waals surface area (Å²) in [6, 6.07) is 7.62. The molecule has 3 aromatic rings. The van der Waals surface area contributed by atoms with Gasteiger partial charge in [-0.05, 0) is 23.6 Å². The molecule has 0 fully saturated rings. The number of hydrogen-bond donors (Lipinski definition) is 1. The van der Waals surface area contributed by atoms with Gasteiger partial charge in [-0.3, -0.25) is 0 Å². The third-order valence-electron chi connectivity index (χ3n) is 2.54. The molecule has 0 bridgehead atoms. The standard InChI is InChI=1S/C12H10N2OS/c15-11-4-1-5-14-10(11)8-13-12(14)7-9-3-2-6-16-9/h1-6,8,15H,7H2.